The lowest BCUT2D eigenvalue weighted by molar-refractivity contribution is 0.642. The number of piperazine rings is 1. The van der Waals surface area contributed by atoms with E-state index in [-0.39, 0.29) is 0 Å². The topological polar surface area (TPSA) is 68.9 Å². The minimum absolute atomic E-state index is 0.637. The zero-order valence-corrected chi connectivity index (χ0v) is 15.0. The van der Waals surface area contributed by atoms with E-state index in [0.717, 1.165) is 48.5 Å². The molecule has 0 spiro atoms. The van der Waals surface area contributed by atoms with Crippen molar-refractivity contribution in [1.29, 1.82) is 5.26 Å². The lowest BCUT2D eigenvalue weighted by Crippen LogP contribution is -2.47. The van der Waals surface area contributed by atoms with E-state index in [1.165, 1.54) is 5.39 Å². The molecule has 1 aromatic carbocycles. The molecule has 1 aliphatic rings. The summed E-state index contributed by atoms with van der Waals surface area (Å²) in [5, 5.41) is 20.4. The second kappa shape index (κ2) is 6.60. The first-order chi connectivity index (χ1) is 12.7. The summed E-state index contributed by atoms with van der Waals surface area (Å²) in [5.41, 5.74) is 3.52. The monoisotopic (exact) mass is 344 g/mol. The summed E-state index contributed by atoms with van der Waals surface area (Å²) in [7, 11) is 0. The van der Waals surface area contributed by atoms with Gasteiger partial charge in [0.25, 0.3) is 0 Å². The van der Waals surface area contributed by atoms with Crippen LogP contribution in [0.2, 0.25) is 0 Å². The lowest BCUT2D eigenvalue weighted by Gasteiger charge is -2.37. The molecular formula is C20H20N6. The number of anilines is 2. The maximum Gasteiger partial charge on any atom is 0.169 e. The number of rotatable bonds is 2. The fourth-order valence-electron chi connectivity index (χ4n) is 3.46. The molecule has 130 valence electrons. The van der Waals surface area contributed by atoms with Crippen LogP contribution in [0.5, 0.6) is 0 Å². The van der Waals surface area contributed by atoms with Gasteiger partial charge < -0.3 is 9.80 Å². The van der Waals surface area contributed by atoms with E-state index in [4.69, 9.17) is 0 Å². The highest BCUT2D eigenvalue weighted by Crippen LogP contribution is 2.28. The van der Waals surface area contributed by atoms with Crippen molar-refractivity contribution in [2.24, 2.45) is 0 Å². The average Bonchev–Trinajstić information content (AvgIpc) is 2.69. The fraction of sp³-hybridized carbons (Fsp3) is 0.300. The van der Waals surface area contributed by atoms with Crippen LogP contribution in [0.4, 0.5) is 11.5 Å². The SMILES string of the molecule is Cc1nnc(N2CCN(c3cncc4ccccc34)CC2)c(C#N)c1C. The molecule has 2 aromatic heterocycles. The van der Waals surface area contributed by atoms with Crippen molar-refractivity contribution in [1.82, 2.24) is 15.2 Å². The molecule has 0 radical (unpaired) electrons. The van der Waals surface area contributed by atoms with Gasteiger partial charge in [0.2, 0.25) is 0 Å². The first-order valence-electron chi connectivity index (χ1n) is 8.75. The maximum absolute atomic E-state index is 9.54. The van der Waals surface area contributed by atoms with Gasteiger partial charge in [-0.1, -0.05) is 24.3 Å². The third kappa shape index (κ3) is 2.72. The lowest BCUT2D eigenvalue weighted by atomic mass is 10.1. The molecule has 6 heteroatoms. The molecular weight excluding hydrogens is 324 g/mol. The van der Waals surface area contributed by atoms with Gasteiger partial charge in [0.1, 0.15) is 11.6 Å². The first-order valence-corrected chi connectivity index (χ1v) is 8.75. The average molecular weight is 344 g/mol. The molecule has 0 unspecified atom stereocenters. The van der Waals surface area contributed by atoms with Crippen LogP contribution in [0.1, 0.15) is 16.8 Å². The van der Waals surface area contributed by atoms with Gasteiger partial charge in [-0.3, -0.25) is 4.98 Å². The van der Waals surface area contributed by atoms with Crippen LogP contribution >= 0.6 is 0 Å². The first kappa shape index (κ1) is 16.3. The van der Waals surface area contributed by atoms with Crippen LogP contribution in [0.25, 0.3) is 10.8 Å². The molecule has 0 atom stereocenters. The fourth-order valence-corrected chi connectivity index (χ4v) is 3.46. The summed E-state index contributed by atoms with van der Waals surface area (Å²) >= 11 is 0. The largest absolute Gasteiger partial charge is 0.366 e. The minimum atomic E-state index is 0.637. The molecule has 1 saturated heterocycles. The van der Waals surface area contributed by atoms with Crippen LogP contribution in [0.15, 0.2) is 36.7 Å². The zero-order chi connectivity index (χ0) is 18.1. The Bertz CT molecular complexity index is 994. The molecule has 3 aromatic rings. The van der Waals surface area contributed by atoms with Gasteiger partial charge in [0, 0.05) is 43.1 Å². The van der Waals surface area contributed by atoms with Gasteiger partial charge in [-0.15, -0.1) is 5.10 Å². The number of benzene rings is 1. The number of pyridine rings is 1. The van der Waals surface area contributed by atoms with Gasteiger partial charge in [0.05, 0.1) is 17.6 Å². The van der Waals surface area contributed by atoms with Crippen molar-refractivity contribution in [2.45, 2.75) is 13.8 Å². The van der Waals surface area contributed by atoms with Crippen molar-refractivity contribution in [3.05, 3.63) is 53.5 Å². The third-order valence-electron chi connectivity index (χ3n) is 5.11. The summed E-state index contributed by atoms with van der Waals surface area (Å²) in [4.78, 5) is 8.91. The highest BCUT2D eigenvalue weighted by Gasteiger charge is 2.23. The number of nitrogens with zero attached hydrogens (tertiary/aromatic N) is 6. The van der Waals surface area contributed by atoms with E-state index < -0.39 is 0 Å². The molecule has 0 bridgehead atoms. The molecule has 3 heterocycles. The van der Waals surface area contributed by atoms with Gasteiger partial charge in [-0.2, -0.15) is 10.4 Å². The predicted molar refractivity (Wildman–Crippen MR) is 102 cm³/mol. The molecule has 0 amide bonds. The number of aromatic nitrogens is 3. The molecule has 4 rings (SSSR count). The van der Waals surface area contributed by atoms with Crippen LogP contribution in [0.3, 0.4) is 0 Å². The van der Waals surface area contributed by atoms with E-state index in [0.29, 0.717) is 11.4 Å². The van der Waals surface area contributed by atoms with Crippen LogP contribution < -0.4 is 9.80 Å². The van der Waals surface area contributed by atoms with Gasteiger partial charge in [0.15, 0.2) is 5.82 Å². The van der Waals surface area contributed by atoms with Crippen molar-refractivity contribution >= 4 is 22.3 Å². The predicted octanol–water partition coefficient (Wildman–Crippen LogP) is 2.84. The molecule has 0 aliphatic carbocycles. The number of hydrogen-bond acceptors (Lipinski definition) is 6. The van der Waals surface area contributed by atoms with Gasteiger partial charge in [-0.05, 0) is 19.4 Å². The van der Waals surface area contributed by atoms with Crippen LogP contribution in [-0.2, 0) is 0 Å². The van der Waals surface area contributed by atoms with Crippen LogP contribution in [0, 0.1) is 25.2 Å². The normalized spacial score (nSPS) is 14.5. The van der Waals surface area contributed by atoms with Gasteiger partial charge in [-0.25, -0.2) is 0 Å². The van der Waals surface area contributed by atoms with E-state index in [2.05, 4.69) is 49.2 Å². The summed E-state index contributed by atoms with van der Waals surface area (Å²) in [5.74, 6) is 0.700. The van der Waals surface area contributed by atoms with E-state index in [9.17, 15) is 5.26 Å². The molecule has 0 saturated carbocycles. The summed E-state index contributed by atoms with van der Waals surface area (Å²) in [6, 6.07) is 10.6. The van der Waals surface area contributed by atoms with Gasteiger partial charge >= 0.3 is 0 Å². The van der Waals surface area contributed by atoms with Crippen molar-refractivity contribution in [2.75, 3.05) is 36.0 Å². The van der Waals surface area contributed by atoms with Crippen LogP contribution in [-0.4, -0.2) is 41.4 Å². The Balaban J connectivity index is 1.59. The number of hydrogen-bond donors (Lipinski definition) is 0. The summed E-state index contributed by atoms with van der Waals surface area (Å²) in [6.45, 7) is 7.14. The Kier molecular flexibility index (Phi) is 4.13. The third-order valence-corrected chi connectivity index (χ3v) is 5.11. The second-order valence-corrected chi connectivity index (χ2v) is 6.57. The summed E-state index contributed by atoms with van der Waals surface area (Å²) < 4.78 is 0. The van der Waals surface area contributed by atoms with E-state index >= 15 is 0 Å². The van der Waals surface area contributed by atoms with Crippen molar-refractivity contribution in [3.8, 4) is 6.07 Å². The Labute approximate surface area is 152 Å². The Morgan fingerprint density at radius 1 is 0.962 bits per heavy atom. The standard InChI is InChI=1S/C20H20N6/c1-14-15(2)23-24-20(18(14)11-21)26-9-7-25(8-10-26)19-13-22-12-16-5-3-4-6-17(16)19/h3-6,12-13H,7-10H2,1-2H3. The van der Waals surface area contributed by atoms with E-state index in [1.54, 1.807) is 0 Å². The zero-order valence-electron chi connectivity index (χ0n) is 15.0. The molecule has 0 N–H and O–H groups in total. The highest BCUT2D eigenvalue weighted by atomic mass is 15.3. The van der Waals surface area contributed by atoms with E-state index in [1.807, 2.05) is 32.3 Å². The molecule has 1 aliphatic heterocycles. The van der Waals surface area contributed by atoms with Crippen molar-refractivity contribution < 1.29 is 0 Å². The maximum atomic E-state index is 9.54. The summed E-state index contributed by atoms with van der Waals surface area (Å²) in [6.07, 6.45) is 3.84. The molecule has 26 heavy (non-hydrogen) atoms. The number of aryl methyl sites for hydroxylation is 1. The molecule has 1 fully saturated rings. The van der Waals surface area contributed by atoms with Crippen molar-refractivity contribution in [3.63, 3.8) is 0 Å². The number of fused-ring (bicyclic) bond motifs is 1. The Morgan fingerprint density at radius 2 is 1.69 bits per heavy atom. The molecule has 6 nitrogen and oxygen atoms in total. The quantitative estimate of drug-likeness (QED) is 0.712. The number of nitriles is 1. The minimum Gasteiger partial charge on any atom is -0.366 e. The Hall–Kier alpha value is -3.20. The second-order valence-electron chi connectivity index (χ2n) is 6.57. The highest BCUT2D eigenvalue weighted by molar-refractivity contribution is 5.93. The smallest absolute Gasteiger partial charge is 0.169 e. The Morgan fingerprint density at radius 3 is 2.46 bits per heavy atom.